The molecule has 2 heterocycles. The second-order valence-electron chi connectivity index (χ2n) is 9.78. The molecule has 0 spiro atoms. The number of amides is 1. The molecule has 4 rings (SSSR count). The molecule has 2 aromatic rings. The van der Waals surface area contributed by atoms with Crippen LogP contribution in [0.5, 0.6) is 0 Å². The summed E-state index contributed by atoms with van der Waals surface area (Å²) >= 11 is 0. The number of hydrogen-bond acceptors (Lipinski definition) is 3. The Morgan fingerprint density at radius 1 is 0.906 bits per heavy atom. The van der Waals surface area contributed by atoms with Crippen molar-refractivity contribution >= 4 is 16.9 Å². The molecule has 2 aliphatic rings. The Morgan fingerprint density at radius 3 is 2.22 bits per heavy atom. The molecule has 0 bridgehead atoms. The second-order valence-corrected chi connectivity index (χ2v) is 9.78. The minimum absolute atomic E-state index is 0.00156. The molecule has 1 saturated heterocycles. The number of fused-ring (bicyclic) bond motifs is 1. The minimum Gasteiger partial charge on any atom is -0.355 e. The van der Waals surface area contributed by atoms with Crippen molar-refractivity contribution < 1.29 is 4.79 Å². The van der Waals surface area contributed by atoms with E-state index in [9.17, 15) is 9.59 Å². The van der Waals surface area contributed by atoms with Crippen LogP contribution in [0.1, 0.15) is 83.1 Å². The van der Waals surface area contributed by atoms with E-state index in [1.165, 1.54) is 51.4 Å². The first-order chi connectivity index (χ1) is 15.7. The summed E-state index contributed by atoms with van der Waals surface area (Å²) in [4.78, 5) is 30.7. The van der Waals surface area contributed by atoms with Gasteiger partial charge in [0.1, 0.15) is 0 Å². The van der Waals surface area contributed by atoms with Crippen molar-refractivity contribution in [1.82, 2.24) is 19.8 Å². The molecule has 1 amide bonds. The maximum atomic E-state index is 12.8. The maximum Gasteiger partial charge on any atom is 0.326 e. The van der Waals surface area contributed by atoms with Crippen LogP contribution in [0.4, 0.5) is 0 Å². The molecule has 1 aliphatic heterocycles. The zero-order valence-electron chi connectivity index (χ0n) is 19.5. The highest BCUT2D eigenvalue weighted by atomic mass is 16.2. The fourth-order valence-electron chi connectivity index (χ4n) is 5.57. The van der Waals surface area contributed by atoms with E-state index < -0.39 is 0 Å². The van der Waals surface area contributed by atoms with Crippen LogP contribution >= 0.6 is 0 Å². The summed E-state index contributed by atoms with van der Waals surface area (Å²) in [6, 6.07) is 8.18. The number of benzene rings is 1. The van der Waals surface area contributed by atoms with Crippen LogP contribution in [0.15, 0.2) is 29.1 Å². The van der Waals surface area contributed by atoms with E-state index in [4.69, 9.17) is 0 Å². The average molecular weight is 441 g/mol. The predicted octanol–water partition coefficient (Wildman–Crippen LogP) is 4.61. The van der Waals surface area contributed by atoms with E-state index >= 15 is 0 Å². The number of carbonyl (C=O) groups excluding carboxylic acids is 1. The molecular weight excluding hydrogens is 400 g/mol. The van der Waals surface area contributed by atoms with Crippen LogP contribution in [-0.4, -0.2) is 46.5 Å². The Hall–Kier alpha value is -2.08. The number of carbonyl (C=O) groups is 1. The lowest BCUT2D eigenvalue weighted by molar-refractivity contribution is -0.125. The molecule has 0 radical (unpaired) electrons. The first kappa shape index (κ1) is 23.1. The highest BCUT2D eigenvalue weighted by Gasteiger charge is 2.24. The number of nitrogens with zero attached hydrogens (tertiary/aromatic N) is 2. The third-order valence-electron chi connectivity index (χ3n) is 7.50. The molecule has 2 N–H and O–H groups in total. The van der Waals surface area contributed by atoms with Gasteiger partial charge in [0, 0.05) is 38.1 Å². The fourth-order valence-corrected chi connectivity index (χ4v) is 5.57. The quantitative estimate of drug-likeness (QED) is 0.713. The number of aromatic amines is 1. The lowest BCUT2D eigenvalue weighted by Crippen LogP contribution is -2.42. The summed E-state index contributed by atoms with van der Waals surface area (Å²) in [6.07, 6.45) is 14.4. The lowest BCUT2D eigenvalue weighted by atomic mass is 9.94. The van der Waals surface area contributed by atoms with Crippen molar-refractivity contribution in [1.29, 1.82) is 0 Å². The summed E-state index contributed by atoms with van der Waals surface area (Å²) < 4.78 is 1.94. The fraction of sp³-hybridized carbons (Fsp3) is 0.692. The summed E-state index contributed by atoms with van der Waals surface area (Å²) in [6.45, 7) is 3.56. The number of imidazole rings is 1. The number of H-pyrrole nitrogens is 1. The number of likely N-dealkylation sites (tertiary alicyclic amines) is 1. The van der Waals surface area contributed by atoms with E-state index in [-0.39, 0.29) is 23.6 Å². The number of nitrogens with one attached hydrogen (secondary N) is 2. The minimum atomic E-state index is -0.00156. The topological polar surface area (TPSA) is 70.1 Å². The maximum absolute atomic E-state index is 12.8. The third kappa shape index (κ3) is 6.03. The van der Waals surface area contributed by atoms with Gasteiger partial charge in [-0.05, 0) is 37.8 Å². The second kappa shape index (κ2) is 11.7. The van der Waals surface area contributed by atoms with E-state index in [2.05, 4.69) is 15.2 Å². The Morgan fingerprint density at radius 2 is 1.53 bits per heavy atom. The third-order valence-corrected chi connectivity index (χ3v) is 7.50. The summed E-state index contributed by atoms with van der Waals surface area (Å²) in [7, 11) is 0. The summed E-state index contributed by atoms with van der Waals surface area (Å²) in [5, 5.41) is 3.23. The van der Waals surface area contributed by atoms with Crippen LogP contribution < -0.4 is 11.0 Å². The van der Waals surface area contributed by atoms with Gasteiger partial charge in [0.05, 0.1) is 11.0 Å². The summed E-state index contributed by atoms with van der Waals surface area (Å²) in [5.74, 6) is 0.470. The molecule has 1 aromatic carbocycles. The van der Waals surface area contributed by atoms with Crippen LogP contribution in [0.2, 0.25) is 0 Å². The molecule has 1 saturated carbocycles. The number of piperidine rings is 1. The van der Waals surface area contributed by atoms with E-state index in [1.807, 2.05) is 28.8 Å². The largest absolute Gasteiger partial charge is 0.355 e. The standard InChI is InChI=1S/C26H40N4O2/c31-25(21-11-7-5-3-1-2-4-6-8-12-21)27-17-20-29-18-15-22(16-19-29)30-24-14-10-9-13-23(24)28-26(30)32/h9-10,13-14,21-22H,1-8,11-12,15-20H2,(H,27,31)(H,28,32). The Labute approximate surface area is 191 Å². The van der Waals surface area contributed by atoms with Gasteiger partial charge in [-0.15, -0.1) is 0 Å². The molecule has 176 valence electrons. The van der Waals surface area contributed by atoms with E-state index in [0.29, 0.717) is 0 Å². The monoisotopic (exact) mass is 440 g/mol. The van der Waals surface area contributed by atoms with Gasteiger partial charge in [0.2, 0.25) is 5.91 Å². The van der Waals surface area contributed by atoms with E-state index in [0.717, 1.165) is 62.9 Å². The molecule has 1 aromatic heterocycles. The molecule has 6 nitrogen and oxygen atoms in total. The Balaban J connectivity index is 1.21. The van der Waals surface area contributed by atoms with Crippen molar-refractivity contribution in [3.8, 4) is 0 Å². The predicted molar refractivity (Wildman–Crippen MR) is 130 cm³/mol. The van der Waals surface area contributed by atoms with Crippen molar-refractivity contribution in [3.63, 3.8) is 0 Å². The smallest absolute Gasteiger partial charge is 0.326 e. The van der Waals surface area contributed by atoms with Crippen LogP contribution in [-0.2, 0) is 4.79 Å². The van der Waals surface area contributed by atoms with Gasteiger partial charge in [0.15, 0.2) is 0 Å². The first-order valence-corrected chi connectivity index (χ1v) is 12.9. The average Bonchev–Trinajstić information content (AvgIpc) is 3.11. The van der Waals surface area contributed by atoms with Crippen LogP contribution in [0.25, 0.3) is 11.0 Å². The lowest BCUT2D eigenvalue weighted by Gasteiger charge is -2.32. The number of aromatic nitrogens is 2. The Bertz CT molecular complexity index is 898. The molecule has 2 fully saturated rings. The molecule has 1 aliphatic carbocycles. The van der Waals surface area contributed by atoms with Crippen LogP contribution in [0.3, 0.4) is 0 Å². The molecule has 6 heteroatoms. The Kier molecular flexibility index (Phi) is 8.43. The number of hydrogen-bond donors (Lipinski definition) is 2. The van der Waals surface area contributed by atoms with Gasteiger partial charge in [0.25, 0.3) is 0 Å². The molecular formula is C26H40N4O2. The first-order valence-electron chi connectivity index (χ1n) is 12.9. The SMILES string of the molecule is O=C(NCCN1CCC(n2c(=O)[nH]c3ccccc32)CC1)C1CCCCCCCCCC1. The van der Waals surface area contributed by atoms with Crippen LogP contribution in [0, 0.1) is 5.92 Å². The van der Waals surface area contributed by atoms with Gasteiger partial charge in [-0.3, -0.25) is 9.36 Å². The normalized spacial score (nSPS) is 20.8. The van der Waals surface area contributed by atoms with Gasteiger partial charge >= 0.3 is 5.69 Å². The van der Waals surface area contributed by atoms with Crippen molar-refractivity contribution in [2.24, 2.45) is 5.92 Å². The number of rotatable bonds is 5. The zero-order chi connectivity index (χ0) is 22.2. The van der Waals surface area contributed by atoms with Crippen molar-refractivity contribution in [2.75, 3.05) is 26.2 Å². The van der Waals surface area contributed by atoms with Gasteiger partial charge in [-0.25, -0.2) is 4.79 Å². The summed E-state index contributed by atoms with van der Waals surface area (Å²) in [5.41, 5.74) is 1.92. The zero-order valence-corrected chi connectivity index (χ0v) is 19.5. The van der Waals surface area contributed by atoms with Gasteiger partial charge in [-0.2, -0.15) is 0 Å². The number of para-hydroxylation sites is 2. The van der Waals surface area contributed by atoms with E-state index in [1.54, 1.807) is 0 Å². The van der Waals surface area contributed by atoms with Gasteiger partial charge < -0.3 is 15.2 Å². The van der Waals surface area contributed by atoms with Gasteiger partial charge in [-0.1, -0.05) is 63.5 Å². The highest BCUT2D eigenvalue weighted by Crippen LogP contribution is 2.25. The molecule has 32 heavy (non-hydrogen) atoms. The highest BCUT2D eigenvalue weighted by molar-refractivity contribution is 5.78. The molecule has 0 atom stereocenters. The van der Waals surface area contributed by atoms with Crippen molar-refractivity contribution in [2.45, 2.75) is 83.1 Å². The van der Waals surface area contributed by atoms with Crippen molar-refractivity contribution in [3.05, 3.63) is 34.7 Å². The molecule has 0 unspecified atom stereocenters.